The van der Waals surface area contributed by atoms with Crippen LogP contribution in [0, 0.1) is 5.82 Å². The first kappa shape index (κ1) is 11.1. The van der Waals surface area contributed by atoms with E-state index in [4.69, 9.17) is 5.73 Å². The maximum Gasteiger partial charge on any atom is 0.243 e. The highest BCUT2D eigenvalue weighted by atomic mass is 19.1. The summed E-state index contributed by atoms with van der Waals surface area (Å²) in [6, 6.07) is 4.07. The molecule has 1 aromatic carbocycles. The van der Waals surface area contributed by atoms with Crippen LogP contribution in [0.3, 0.4) is 0 Å². The number of nitrogens with zero attached hydrogens (tertiary/aromatic N) is 1. The van der Waals surface area contributed by atoms with E-state index in [1.807, 2.05) is 6.92 Å². The molecule has 0 bridgehead atoms. The molecular weight excluding hydrogens is 207 g/mol. The third-order valence-electron chi connectivity index (χ3n) is 2.97. The number of carbonyl (C=O) groups excluding carboxylic acids is 1. The predicted octanol–water partition coefficient (Wildman–Crippen LogP) is 1.45. The van der Waals surface area contributed by atoms with E-state index in [0.717, 1.165) is 12.0 Å². The van der Waals surface area contributed by atoms with E-state index >= 15 is 0 Å². The lowest BCUT2D eigenvalue weighted by Crippen LogP contribution is -2.42. The maximum atomic E-state index is 13.1. The van der Waals surface area contributed by atoms with Gasteiger partial charge in [0.05, 0.1) is 6.04 Å². The average Bonchev–Trinajstić information content (AvgIpc) is 2.69. The molecular formula is C12H15FN2O. The smallest absolute Gasteiger partial charge is 0.243 e. The molecule has 0 radical (unpaired) electrons. The molecule has 0 fully saturated rings. The number of carbonyl (C=O) groups is 1. The van der Waals surface area contributed by atoms with Gasteiger partial charge in [0, 0.05) is 12.2 Å². The molecule has 86 valence electrons. The largest absolute Gasteiger partial charge is 0.320 e. The Morgan fingerprint density at radius 2 is 2.38 bits per heavy atom. The van der Waals surface area contributed by atoms with E-state index in [-0.39, 0.29) is 11.7 Å². The molecule has 2 N–H and O–H groups in total. The molecule has 1 aromatic rings. The van der Waals surface area contributed by atoms with Crippen molar-refractivity contribution >= 4 is 11.6 Å². The summed E-state index contributed by atoms with van der Waals surface area (Å²) in [7, 11) is 0. The first-order chi connectivity index (χ1) is 7.63. The van der Waals surface area contributed by atoms with Crippen molar-refractivity contribution in [2.24, 2.45) is 5.73 Å². The lowest BCUT2D eigenvalue weighted by atomic mass is 10.1. The van der Waals surface area contributed by atoms with Crippen molar-refractivity contribution in [3.63, 3.8) is 0 Å². The molecule has 3 nitrogen and oxygen atoms in total. The Kier molecular flexibility index (Phi) is 2.92. The average molecular weight is 222 g/mol. The van der Waals surface area contributed by atoms with Gasteiger partial charge < -0.3 is 10.6 Å². The van der Waals surface area contributed by atoms with Gasteiger partial charge in [0.25, 0.3) is 0 Å². The molecule has 1 amide bonds. The molecule has 4 heteroatoms. The Morgan fingerprint density at radius 3 is 3.06 bits per heavy atom. The van der Waals surface area contributed by atoms with Gasteiger partial charge in [-0.05, 0) is 30.5 Å². The SMILES string of the molecule is CCC(N)C(=O)N1CCc2ccc(F)cc21. The maximum absolute atomic E-state index is 13.1. The van der Waals surface area contributed by atoms with Gasteiger partial charge in [0.15, 0.2) is 0 Å². The highest BCUT2D eigenvalue weighted by molar-refractivity contribution is 5.98. The fourth-order valence-corrected chi connectivity index (χ4v) is 1.96. The Labute approximate surface area is 94.0 Å². The van der Waals surface area contributed by atoms with Crippen LogP contribution in [-0.2, 0) is 11.2 Å². The fraction of sp³-hybridized carbons (Fsp3) is 0.417. The highest BCUT2D eigenvalue weighted by Gasteiger charge is 2.27. The van der Waals surface area contributed by atoms with E-state index in [1.54, 1.807) is 11.0 Å². The van der Waals surface area contributed by atoms with Gasteiger partial charge >= 0.3 is 0 Å². The summed E-state index contributed by atoms with van der Waals surface area (Å²) in [4.78, 5) is 13.5. The number of benzene rings is 1. The topological polar surface area (TPSA) is 46.3 Å². The van der Waals surface area contributed by atoms with E-state index in [1.165, 1.54) is 12.1 Å². The molecule has 1 atom stereocenters. The summed E-state index contributed by atoms with van der Waals surface area (Å²) in [5, 5.41) is 0. The van der Waals surface area contributed by atoms with Gasteiger partial charge in [-0.1, -0.05) is 13.0 Å². The van der Waals surface area contributed by atoms with Gasteiger partial charge in [-0.25, -0.2) is 4.39 Å². The summed E-state index contributed by atoms with van der Waals surface area (Å²) in [6.45, 7) is 2.47. The van der Waals surface area contributed by atoms with Crippen molar-refractivity contribution in [2.75, 3.05) is 11.4 Å². The van der Waals surface area contributed by atoms with Crippen LogP contribution in [0.2, 0.25) is 0 Å². The van der Waals surface area contributed by atoms with Gasteiger partial charge in [-0.3, -0.25) is 4.79 Å². The second kappa shape index (κ2) is 4.22. The molecule has 2 rings (SSSR count). The number of halogens is 1. The van der Waals surface area contributed by atoms with Crippen LogP contribution in [-0.4, -0.2) is 18.5 Å². The Balaban J connectivity index is 2.29. The van der Waals surface area contributed by atoms with E-state index in [9.17, 15) is 9.18 Å². The van der Waals surface area contributed by atoms with Crippen molar-refractivity contribution in [3.8, 4) is 0 Å². The van der Waals surface area contributed by atoms with Crippen molar-refractivity contribution in [1.29, 1.82) is 0 Å². The van der Waals surface area contributed by atoms with E-state index < -0.39 is 6.04 Å². The minimum atomic E-state index is -0.491. The molecule has 0 spiro atoms. The van der Waals surface area contributed by atoms with Crippen LogP contribution in [0.25, 0.3) is 0 Å². The lowest BCUT2D eigenvalue weighted by molar-refractivity contribution is -0.119. The van der Waals surface area contributed by atoms with Crippen LogP contribution in [0.1, 0.15) is 18.9 Å². The van der Waals surface area contributed by atoms with Crippen LogP contribution < -0.4 is 10.6 Å². The van der Waals surface area contributed by atoms with Crippen LogP contribution in [0.15, 0.2) is 18.2 Å². The molecule has 1 aliphatic heterocycles. The van der Waals surface area contributed by atoms with Crippen molar-refractivity contribution < 1.29 is 9.18 Å². The summed E-state index contributed by atoms with van der Waals surface area (Å²) >= 11 is 0. The second-order valence-corrected chi connectivity index (χ2v) is 4.03. The number of hydrogen-bond acceptors (Lipinski definition) is 2. The minimum absolute atomic E-state index is 0.119. The number of anilines is 1. The van der Waals surface area contributed by atoms with Gasteiger partial charge in [-0.15, -0.1) is 0 Å². The highest BCUT2D eigenvalue weighted by Crippen LogP contribution is 2.29. The number of fused-ring (bicyclic) bond motifs is 1. The van der Waals surface area contributed by atoms with Crippen LogP contribution in [0.4, 0.5) is 10.1 Å². The van der Waals surface area contributed by atoms with Crippen molar-refractivity contribution in [1.82, 2.24) is 0 Å². The minimum Gasteiger partial charge on any atom is -0.320 e. The fourth-order valence-electron chi connectivity index (χ4n) is 1.96. The van der Waals surface area contributed by atoms with Crippen LogP contribution >= 0.6 is 0 Å². The van der Waals surface area contributed by atoms with Gasteiger partial charge in [0.2, 0.25) is 5.91 Å². The third-order valence-corrected chi connectivity index (χ3v) is 2.97. The quantitative estimate of drug-likeness (QED) is 0.823. The normalized spacial score (nSPS) is 16.1. The third kappa shape index (κ3) is 1.80. The van der Waals surface area contributed by atoms with E-state index in [2.05, 4.69) is 0 Å². The zero-order valence-electron chi connectivity index (χ0n) is 9.24. The predicted molar refractivity (Wildman–Crippen MR) is 60.7 cm³/mol. The van der Waals surface area contributed by atoms with Crippen molar-refractivity contribution in [3.05, 3.63) is 29.6 Å². The monoisotopic (exact) mass is 222 g/mol. The molecule has 0 saturated heterocycles. The summed E-state index contributed by atoms with van der Waals surface area (Å²) in [5.74, 6) is -0.435. The molecule has 0 aromatic heterocycles. The number of nitrogens with two attached hydrogens (primary N) is 1. The number of rotatable bonds is 2. The Hall–Kier alpha value is -1.42. The summed E-state index contributed by atoms with van der Waals surface area (Å²) < 4.78 is 13.1. The molecule has 1 unspecified atom stereocenters. The first-order valence-corrected chi connectivity index (χ1v) is 5.49. The van der Waals surface area contributed by atoms with Crippen molar-refractivity contribution in [2.45, 2.75) is 25.8 Å². The molecule has 0 aliphatic carbocycles. The molecule has 0 saturated carbocycles. The van der Waals surface area contributed by atoms with Gasteiger partial charge in [0.1, 0.15) is 5.82 Å². The zero-order valence-corrected chi connectivity index (χ0v) is 9.24. The first-order valence-electron chi connectivity index (χ1n) is 5.49. The van der Waals surface area contributed by atoms with Gasteiger partial charge in [-0.2, -0.15) is 0 Å². The number of amides is 1. The standard InChI is InChI=1S/C12H15FN2O/c1-2-10(14)12(16)15-6-5-8-3-4-9(13)7-11(8)15/h3-4,7,10H,2,5-6,14H2,1H3. The van der Waals surface area contributed by atoms with Crippen LogP contribution in [0.5, 0.6) is 0 Å². The summed E-state index contributed by atoms with van der Waals surface area (Å²) in [5.41, 5.74) is 7.39. The second-order valence-electron chi connectivity index (χ2n) is 4.03. The van der Waals surface area contributed by atoms with E-state index in [0.29, 0.717) is 18.7 Å². The molecule has 16 heavy (non-hydrogen) atoms. The lowest BCUT2D eigenvalue weighted by Gasteiger charge is -2.20. The molecule has 1 aliphatic rings. The summed E-state index contributed by atoms with van der Waals surface area (Å²) in [6.07, 6.45) is 1.37. The molecule has 1 heterocycles. The zero-order chi connectivity index (χ0) is 11.7. The Bertz CT molecular complexity index is 419. The Morgan fingerprint density at radius 1 is 1.62 bits per heavy atom. The number of hydrogen-bond donors (Lipinski definition) is 1.